The maximum Gasteiger partial charge on any atom is 0.0695 e. The first-order valence-corrected chi connectivity index (χ1v) is 8.87. The fourth-order valence-corrected chi connectivity index (χ4v) is 3.47. The van der Waals surface area contributed by atoms with Gasteiger partial charge in [0.05, 0.1) is 6.10 Å². The van der Waals surface area contributed by atoms with Gasteiger partial charge >= 0.3 is 0 Å². The van der Waals surface area contributed by atoms with Gasteiger partial charge in [-0.25, -0.2) is 0 Å². The summed E-state index contributed by atoms with van der Waals surface area (Å²) in [4.78, 5) is 5.02. The van der Waals surface area contributed by atoms with E-state index >= 15 is 0 Å². The van der Waals surface area contributed by atoms with E-state index in [0.29, 0.717) is 6.04 Å². The van der Waals surface area contributed by atoms with Crippen LogP contribution in [0.15, 0.2) is 0 Å². The molecule has 1 rings (SSSR count). The number of aliphatic hydroxyl groups is 1. The smallest absolute Gasteiger partial charge is 0.0695 e. The molecule has 0 aromatic carbocycles. The van der Waals surface area contributed by atoms with Crippen molar-refractivity contribution in [3.05, 3.63) is 0 Å². The number of rotatable bonds is 8. The van der Waals surface area contributed by atoms with Crippen molar-refractivity contribution < 1.29 is 5.11 Å². The molecule has 0 saturated heterocycles. The summed E-state index contributed by atoms with van der Waals surface area (Å²) in [6.07, 6.45) is 8.43. The summed E-state index contributed by atoms with van der Waals surface area (Å²) in [5.74, 6) is 0. The summed E-state index contributed by atoms with van der Waals surface area (Å²) < 4.78 is 0. The summed E-state index contributed by atoms with van der Waals surface area (Å²) >= 11 is 0. The Labute approximate surface area is 126 Å². The molecule has 20 heavy (non-hydrogen) atoms. The highest BCUT2D eigenvalue weighted by Crippen LogP contribution is 2.22. The van der Waals surface area contributed by atoms with E-state index in [1.807, 2.05) is 0 Å². The molecule has 0 aromatic rings. The molecule has 3 heteroatoms. The lowest BCUT2D eigenvalue weighted by molar-refractivity contribution is 0.0319. The van der Waals surface area contributed by atoms with Gasteiger partial charge in [0.2, 0.25) is 0 Å². The molecule has 0 heterocycles. The first-order chi connectivity index (χ1) is 9.72. The van der Waals surface area contributed by atoms with Crippen LogP contribution in [-0.4, -0.2) is 59.8 Å². The standard InChI is InChI=1S/C17H36N2O/c1-4-18(5-2)14-11-15-19(6-3)16-12-9-7-8-10-13-17(16)20/h16-17,20H,4-15H2,1-3H3. The highest BCUT2D eigenvalue weighted by atomic mass is 16.3. The number of likely N-dealkylation sites (N-methyl/N-ethyl adjacent to an activating group) is 1. The summed E-state index contributed by atoms with van der Waals surface area (Å²) in [6.45, 7) is 12.4. The minimum absolute atomic E-state index is 0.108. The van der Waals surface area contributed by atoms with E-state index in [-0.39, 0.29) is 6.10 Å². The summed E-state index contributed by atoms with van der Waals surface area (Å²) in [5.41, 5.74) is 0. The second kappa shape index (κ2) is 10.6. The van der Waals surface area contributed by atoms with Crippen molar-refractivity contribution in [1.82, 2.24) is 9.80 Å². The van der Waals surface area contributed by atoms with E-state index in [1.165, 1.54) is 45.1 Å². The largest absolute Gasteiger partial charge is 0.391 e. The van der Waals surface area contributed by atoms with Gasteiger partial charge in [-0.05, 0) is 52.0 Å². The molecule has 1 aliphatic rings. The third-order valence-electron chi connectivity index (χ3n) is 4.88. The Morgan fingerprint density at radius 2 is 1.50 bits per heavy atom. The zero-order valence-corrected chi connectivity index (χ0v) is 14.0. The van der Waals surface area contributed by atoms with Gasteiger partial charge in [-0.3, -0.25) is 4.90 Å². The number of hydrogen-bond acceptors (Lipinski definition) is 3. The van der Waals surface area contributed by atoms with Crippen LogP contribution in [0, 0.1) is 0 Å². The highest BCUT2D eigenvalue weighted by molar-refractivity contribution is 4.80. The summed E-state index contributed by atoms with van der Waals surface area (Å²) in [5, 5.41) is 10.4. The predicted molar refractivity (Wildman–Crippen MR) is 87.1 cm³/mol. The molecule has 1 saturated carbocycles. The van der Waals surface area contributed by atoms with Crippen molar-refractivity contribution in [3.63, 3.8) is 0 Å². The van der Waals surface area contributed by atoms with E-state index in [2.05, 4.69) is 30.6 Å². The highest BCUT2D eigenvalue weighted by Gasteiger charge is 2.25. The first-order valence-electron chi connectivity index (χ1n) is 8.87. The van der Waals surface area contributed by atoms with Gasteiger partial charge in [0.15, 0.2) is 0 Å². The molecule has 1 aliphatic carbocycles. The first kappa shape index (κ1) is 17.9. The average Bonchev–Trinajstić information content (AvgIpc) is 2.45. The molecule has 3 nitrogen and oxygen atoms in total. The lowest BCUT2D eigenvalue weighted by atomic mass is 9.93. The van der Waals surface area contributed by atoms with E-state index in [1.54, 1.807) is 0 Å². The Balaban J connectivity index is 2.41. The lowest BCUT2D eigenvalue weighted by Crippen LogP contribution is -2.45. The maximum atomic E-state index is 10.4. The van der Waals surface area contributed by atoms with E-state index in [9.17, 15) is 5.11 Å². The SMILES string of the molecule is CCN(CC)CCCN(CC)C1CCCCCCC1O. The zero-order valence-electron chi connectivity index (χ0n) is 14.0. The fourth-order valence-electron chi connectivity index (χ4n) is 3.47. The van der Waals surface area contributed by atoms with Gasteiger partial charge in [0.1, 0.15) is 0 Å². The topological polar surface area (TPSA) is 26.7 Å². The Hall–Kier alpha value is -0.120. The number of hydrogen-bond donors (Lipinski definition) is 1. The van der Waals surface area contributed by atoms with Crippen LogP contribution >= 0.6 is 0 Å². The predicted octanol–water partition coefficient (Wildman–Crippen LogP) is 3.12. The molecule has 0 aliphatic heterocycles. The van der Waals surface area contributed by atoms with E-state index in [0.717, 1.165) is 32.6 Å². The van der Waals surface area contributed by atoms with Crippen LogP contribution in [0.4, 0.5) is 0 Å². The van der Waals surface area contributed by atoms with Gasteiger partial charge in [-0.2, -0.15) is 0 Å². The molecule has 2 unspecified atom stereocenters. The van der Waals surface area contributed by atoms with Gasteiger partial charge < -0.3 is 10.0 Å². The normalized spacial score (nSPS) is 24.9. The van der Waals surface area contributed by atoms with Crippen LogP contribution in [-0.2, 0) is 0 Å². The van der Waals surface area contributed by atoms with E-state index in [4.69, 9.17) is 0 Å². The molecule has 120 valence electrons. The fraction of sp³-hybridized carbons (Fsp3) is 1.00. The number of nitrogens with zero attached hydrogens (tertiary/aromatic N) is 2. The van der Waals surface area contributed by atoms with Gasteiger partial charge in [-0.15, -0.1) is 0 Å². The van der Waals surface area contributed by atoms with Crippen molar-refractivity contribution in [1.29, 1.82) is 0 Å². The van der Waals surface area contributed by atoms with Crippen molar-refractivity contribution in [2.24, 2.45) is 0 Å². The average molecular weight is 284 g/mol. The Bertz CT molecular complexity index is 231. The van der Waals surface area contributed by atoms with Gasteiger partial charge in [0.25, 0.3) is 0 Å². The van der Waals surface area contributed by atoms with Gasteiger partial charge in [-0.1, -0.05) is 46.5 Å². The maximum absolute atomic E-state index is 10.4. The Kier molecular flexibility index (Phi) is 9.49. The minimum Gasteiger partial charge on any atom is -0.391 e. The molecule has 1 fully saturated rings. The monoisotopic (exact) mass is 284 g/mol. The van der Waals surface area contributed by atoms with Crippen molar-refractivity contribution in [2.45, 2.75) is 77.9 Å². The Morgan fingerprint density at radius 1 is 0.850 bits per heavy atom. The molecular weight excluding hydrogens is 248 g/mol. The Morgan fingerprint density at radius 3 is 2.10 bits per heavy atom. The molecule has 0 aromatic heterocycles. The molecule has 1 N–H and O–H groups in total. The molecule has 2 atom stereocenters. The lowest BCUT2D eigenvalue weighted by Gasteiger charge is -2.36. The summed E-state index contributed by atoms with van der Waals surface area (Å²) in [7, 11) is 0. The van der Waals surface area contributed by atoms with Crippen LogP contribution in [0.3, 0.4) is 0 Å². The second-order valence-corrected chi connectivity index (χ2v) is 6.14. The molecule has 0 amide bonds. The van der Waals surface area contributed by atoms with Crippen LogP contribution in [0.1, 0.15) is 65.7 Å². The molecule has 0 radical (unpaired) electrons. The van der Waals surface area contributed by atoms with E-state index < -0.39 is 0 Å². The molecular formula is C17H36N2O. The third kappa shape index (κ3) is 6.11. The van der Waals surface area contributed by atoms with Crippen molar-refractivity contribution >= 4 is 0 Å². The third-order valence-corrected chi connectivity index (χ3v) is 4.88. The van der Waals surface area contributed by atoms with Crippen molar-refractivity contribution in [3.8, 4) is 0 Å². The van der Waals surface area contributed by atoms with Crippen LogP contribution in [0.5, 0.6) is 0 Å². The van der Waals surface area contributed by atoms with Crippen LogP contribution in [0.2, 0.25) is 0 Å². The summed E-state index contributed by atoms with van der Waals surface area (Å²) in [6, 6.07) is 0.400. The zero-order chi connectivity index (χ0) is 14.8. The van der Waals surface area contributed by atoms with Crippen molar-refractivity contribution in [2.75, 3.05) is 32.7 Å². The van der Waals surface area contributed by atoms with Crippen LogP contribution in [0.25, 0.3) is 0 Å². The minimum atomic E-state index is -0.108. The quantitative estimate of drug-likeness (QED) is 0.742. The van der Waals surface area contributed by atoms with Crippen LogP contribution < -0.4 is 0 Å². The molecule has 0 spiro atoms. The number of aliphatic hydroxyl groups excluding tert-OH is 1. The molecule has 0 bridgehead atoms. The second-order valence-electron chi connectivity index (χ2n) is 6.14. The van der Waals surface area contributed by atoms with Gasteiger partial charge in [0, 0.05) is 6.04 Å².